The van der Waals surface area contributed by atoms with Gasteiger partial charge < -0.3 is 9.64 Å². The van der Waals surface area contributed by atoms with Crippen LogP contribution >= 0.6 is 0 Å². The molecular weight excluding hydrogens is 380 g/mol. The zero-order valence-electron chi connectivity index (χ0n) is 19.4. The Balaban J connectivity index is 1.90. The molecule has 0 radical (unpaired) electrons. The molecule has 0 bridgehead atoms. The molecule has 0 aromatic heterocycles. The van der Waals surface area contributed by atoms with Gasteiger partial charge in [-0.25, -0.2) is 0 Å². The number of allylic oxidation sites excluding steroid dienone is 3. The highest BCUT2D eigenvalue weighted by Gasteiger charge is 2.34. The number of hydrogen-bond acceptors (Lipinski definition) is 3. The molecule has 0 saturated heterocycles. The van der Waals surface area contributed by atoms with Gasteiger partial charge in [-0.1, -0.05) is 54.6 Å². The van der Waals surface area contributed by atoms with Crippen LogP contribution in [0.25, 0.3) is 11.6 Å². The number of para-hydroxylation sites is 1. The monoisotopic (exact) mass is 412 g/mol. The predicted octanol–water partition coefficient (Wildman–Crippen LogP) is 5.82. The molecule has 1 aliphatic carbocycles. The summed E-state index contributed by atoms with van der Waals surface area (Å²) in [5.74, 6) is 0.936. The summed E-state index contributed by atoms with van der Waals surface area (Å²) in [5, 5.41) is 0. The van der Waals surface area contributed by atoms with E-state index < -0.39 is 5.60 Å². The van der Waals surface area contributed by atoms with Crippen LogP contribution in [-0.4, -0.2) is 44.7 Å². The molecule has 0 saturated carbocycles. The molecule has 160 valence electrons. The molecule has 2 aromatic rings. The van der Waals surface area contributed by atoms with Gasteiger partial charge in [0.1, 0.15) is 11.4 Å². The molecule has 0 unspecified atom stereocenters. The molecular formula is C28H32N2O. The Hall–Kier alpha value is -3.04. The van der Waals surface area contributed by atoms with E-state index in [1.165, 1.54) is 28.0 Å². The van der Waals surface area contributed by atoms with Crippen molar-refractivity contribution in [1.82, 2.24) is 4.90 Å². The van der Waals surface area contributed by atoms with Crippen LogP contribution in [0.3, 0.4) is 0 Å². The lowest BCUT2D eigenvalue weighted by atomic mass is 9.80. The first kappa shape index (κ1) is 21.2. The van der Waals surface area contributed by atoms with Gasteiger partial charge in [0.15, 0.2) is 0 Å². The fraction of sp³-hybridized carbons (Fsp3) is 0.286. The van der Waals surface area contributed by atoms with Crippen molar-refractivity contribution < 1.29 is 4.74 Å². The standard InChI is InChI=1S/C28H32N2O/c1-28(2)25(19-22-9-7-8-10-26(22)31-28)27(20-11-15-23(16-12-20)29(3)4)21-13-17-24(18-14-21)30(5)6/h7-19,23H,1-6H3. The van der Waals surface area contributed by atoms with E-state index >= 15 is 0 Å². The third-order valence-corrected chi connectivity index (χ3v) is 6.01. The van der Waals surface area contributed by atoms with E-state index in [0.29, 0.717) is 6.04 Å². The smallest absolute Gasteiger partial charge is 0.129 e. The Morgan fingerprint density at radius 3 is 2.13 bits per heavy atom. The largest absolute Gasteiger partial charge is 0.483 e. The number of hydrogen-bond donors (Lipinski definition) is 0. The first-order chi connectivity index (χ1) is 14.8. The van der Waals surface area contributed by atoms with E-state index in [9.17, 15) is 0 Å². The Kier molecular flexibility index (Phi) is 5.63. The second-order valence-corrected chi connectivity index (χ2v) is 9.15. The van der Waals surface area contributed by atoms with E-state index in [0.717, 1.165) is 11.3 Å². The van der Waals surface area contributed by atoms with Crippen LogP contribution in [0.1, 0.15) is 25.0 Å². The number of rotatable bonds is 4. The molecule has 31 heavy (non-hydrogen) atoms. The molecule has 3 heteroatoms. The second kappa shape index (κ2) is 8.24. The number of benzene rings is 2. The van der Waals surface area contributed by atoms with Gasteiger partial charge in [0.05, 0.1) is 0 Å². The topological polar surface area (TPSA) is 15.7 Å². The van der Waals surface area contributed by atoms with Gasteiger partial charge in [0.25, 0.3) is 0 Å². The van der Waals surface area contributed by atoms with Crippen LogP contribution in [0, 0.1) is 0 Å². The third-order valence-electron chi connectivity index (χ3n) is 6.01. The third kappa shape index (κ3) is 4.24. The van der Waals surface area contributed by atoms with Crippen molar-refractivity contribution in [1.29, 1.82) is 0 Å². The number of likely N-dealkylation sites (N-methyl/N-ethyl adjacent to an activating group) is 1. The maximum atomic E-state index is 6.48. The first-order valence-corrected chi connectivity index (χ1v) is 10.8. The summed E-state index contributed by atoms with van der Waals surface area (Å²) in [6, 6.07) is 17.4. The SMILES string of the molecule is CN(C)c1ccc(C(C2=Cc3ccccc3OC2(C)C)=C2C=CC(N(C)C)C=C2)cc1. The Bertz CT molecular complexity index is 1070. The van der Waals surface area contributed by atoms with E-state index in [1.807, 2.05) is 12.1 Å². The summed E-state index contributed by atoms with van der Waals surface area (Å²) < 4.78 is 6.48. The average Bonchev–Trinajstić information content (AvgIpc) is 2.74. The highest BCUT2D eigenvalue weighted by atomic mass is 16.5. The molecule has 1 heterocycles. The molecule has 0 amide bonds. The Morgan fingerprint density at radius 1 is 0.871 bits per heavy atom. The highest BCUT2D eigenvalue weighted by Crippen LogP contribution is 2.43. The van der Waals surface area contributed by atoms with Crippen molar-refractivity contribution >= 4 is 17.3 Å². The van der Waals surface area contributed by atoms with Crippen LogP contribution < -0.4 is 9.64 Å². The van der Waals surface area contributed by atoms with Gasteiger partial charge in [-0.15, -0.1) is 0 Å². The van der Waals surface area contributed by atoms with Gasteiger partial charge in [-0.3, -0.25) is 4.90 Å². The minimum atomic E-state index is -0.447. The van der Waals surface area contributed by atoms with Crippen molar-refractivity contribution in [3.05, 3.63) is 95.1 Å². The lowest BCUT2D eigenvalue weighted by molar-refractivity contribution is 0.151. The molecule has 0 fully saturated rings. The number of ether oxygens (including phenoxy) is 1. The highest BCUT2D eigenvalue weighted by molar-refractivity contribution is 5.92. The molecule has 0 spiro atoms. The maximum absolute atomic E-state index is 6.48. The molecule has 4 rings (SSSR count). The van der Waals surface area contributed by atoms with Gasteiger partial charge in [-0.2, -0.15) is 0 Å². The van der Waals surface area contributed by atoms with Crippen LogP contribution in [0.4, 0.5) is 5.69 Å². The normalized spacial score (nSPS) is 19.0. The van der Waals surface area contributed by atoms with E-state index in [2.05, 4.69) is 119 Å². The quantitative estimate of drug-likeness (QED) is 0.630. The fourth-order valence-electron chi connectivity index (χ4n) is 4.16. The molecule has 0 atom stereocenters. The fourth-order valence-corrected chi connectivity index (χ4v) is 4.16. The van der Waals surface area contributed by atoms with Crippen molar-refractivity contribution in [2.24, 2.45) is 0 Å². The molecule has 2 aliphatic rings. The van der Waals surface area contributed by atoms with Crippen molar-refractivity contribution in [3.63, 3.8) is 0 Å². The van der Waals surface area contributed by atoms with Crippen molar-refractivity contribution in [3.8, 4) is 5.75 Å². The van der Waals surface area contributed by atoms with Crippen LogP contribution in [0.2, 0.25) is 0 Å². The van der Waals surface area contributed by atoms with E-state index in [1.54, 1.807) is 0 Å². The minimum Gasteiger partial charge on any atom is -0.483 e. The number of fused-ring (bicyclic) bond motifs is 1. The van der Waals surface area contributed by atoms with Gasteiger partial charge >= 0.3 is 0 Å². The summed E-state index contributed by atoms with van der Waals surface area (Å²) in [7, 11) is 8.35. The van der Waals surface area contributed by atoms with Crippen LogP contribution in [0.15, 0.2) is 84.0 Å². The average molecular weight is 413 g/mol. The van der Waals surface area contributed by atoms with Crippen molar-refractivity contribution in [2.45, 2.75) is 25.5 Å². The minimum absolute atomic E-state index is 0.312. The summed E-state index contributed by atoms with van der Waals surface area (Å²) in [6.07, 6.45) is 11.3. The van der Waals surface area contributed by atoms with Crippen LogP contribution in [0.5, 0.6) is 5.75 Å². The Labute approximate surface area is 186 Å². The lowest BCUT2D eigenvalue weighted by Crippen LogP contribution is -2.34. The second-order valence-electron chi connectivity index (χ2n) is 9.15. The number of anilines is 1. The molecule has 2 aromatic carbocycles. The van der Waals surface area contributed by atoms with Gasteiger partial charge in [0.2, 0.25) is 0 Å². The Morgan fingerprint density at radius 2 is 1.52 bits per heavy atom. The van der Waals surface area contributed by atoms with E-state index in [4.69, 9.17) is 4.74 Å². The van der Waals surface area contributed by atoms with Crippen LogP contribution in [-0.2, 0) is 0 Å². The summed E-state index contributed by atoms with van der Waals surface area (Å²) in [4.78, 5) is 4.33. The summed E-state index contributed by atoms with van der Waals surface area (Å²) in [6.45, 7) is 4.31. The van der Waals surface area contributed by atoms with E-state index in [-0.39, 0.29) is 0 Å². The zero-order chi connectivity index (χ0) is 22.2. The lowest BCUT2D eigenvalue weighted by Gasteiger charge is -2.36. The zero-order valence-corrected chi connectivity index (χ0v) is 19.4. The maximum Gasteiger partial charge on any atom is 0.129 e. The summed E-state index contributed by atoms with van der Waals surface area (Å²) >= 11 is 0. The molecule has 3 nitrogen and oxygen atoms in total. The first-order valence-electron chi connectivity index (χ1n) is 10.8. The van der Waals surface area contributed by atoms with Gasteiger partial charge in [0, 0.05) is 37.0 Å². The summed E-state index contributed by atoms with van der Waals surface area (Å²) in [5.41, 5.74) is 6.67. The molecule has 0 N–H and O–H groups in total. The molecule has 1 aliphatic heterocycles. The van der Waals surface area contributed by atoms with Crippen molar-refractivity contribution in [2.75, 3.05) is 33.1 Å². The number of nitrogens with zero attached hydrogens (tertiary/aromatic N) is 2. The van der Waals surface area contributed by atoms with Gasteiger partial charge in [-0.05, 0) is 68.9 Å². The predicted molar refractivity (Wildman–Crippen MR) is 133 cm³/mol.